The van der Waals surface area contributed by atoms with Crippen LogP contribution >= 0.6 is 35.0 Å². The Morgan fingerprint density at radius 1 is 1.39 bits per heavy atom. The number of pyridine rings is 1. The summed E-state index contributed by atoms with van der Waals surface area (Å²) >= 11 is 13.5. The third kappa shape index (κ3) is 3.54. The summed E-state index contributed by atoms with van der Waals surface area (Å²) in [7, 11) is 0. The zero-order valence-corrected chi connectivity index (χ0v) is 17.4. The second kappa shape index (κ2) is 7.46. The summed E-state index contributed by atoms with van der Waals surface area (Å²) in [5.41, 5.74) is 7.15. The Morgan fingerprint density at radius 3 is 3.00 bits per heavy atom. The summed E-state index contributed by atoms with van der Waals surface area (Å²) in [6.45, 7) is 2.69. The van der Waals surface area contributed by atoms with Crippen LogP contribution in [0.3, 0.4) is 0 Å². The molecule has 3 N–H and O–H groups in total. The predicted molar refractivity (Wildman–Crippen MR) is 114 cm³/mol. The summed E-state index contributed by atoms with van der Waals surface area (Å²) in [4.78, 5) is 21.4. The van der Waals surface area contributed by atoms with Crippen LogP contribution in [-0.4, -0.2) is 28.4 Å². The maximum atomic E-state index is 12.6. The minimum Gasteiger partial charge on any atom is -0.493 e. The summed E-state index contributed by atoms with van der Waals surface area (Å²) in [5.74, 6) is 1.52. The Hall–Kier alpha value is -1.96. The zero-order chi connectivity index (χ0) is 19.9. The summed E-state index contributed by atoms with van der Waals surface area (Å²) in [6.07, 6.45) is 2.27. The van der Waals surface area contributed by atoms with Crippen LogP contribution in [0.4, 0.5) is 5.69 Å². The van der Waals surface area contributed by atoms with Crippen molar-refractivity contribution < 1.29 is 9.53 Å². The Balaban J connectivity index is 1.69. The molecule has 0 fully saturated rings. The first kappa shape index (κ1) is 19.4. The monoisotopic (exact) mass is 436 g/mol. The van der Waals surface area contributed by atoms with Crippen molar-refractivity contribution in [1.82, 2.24) is 4.98 Å². The van der Waals surface area contributed by atoms with Gasteiger partial charge < -0.3 is 15.8 Å². The SMILES string of the molecule is C[C@]12N=C(N)SC[C@H]1CCOc1ccc(NC(=O)c3ncc(Cl)cc3Cl)cc12. The number of fused-ring (bicyclic) bond motifs is 3. The molecule has 0 aliphatic carbocycles. The molecule has 1 amide bonds. The molecule has 1 aromatic carbocycles. The molecule has 2 aromatic rings. The topological polar surface area (TPSA) is 89.6 Å². The molecular formula is C19H18Cl2N4O2S. The van der Waals surface area contributed by atoms with Gasteiger partial charge in [-0.05, 0) is 37.6 Å². The molecule has 0 radical (unpaired) electrons. The van der Waals surface area contributed by atoms with Crippen molar-refractivity contribution in [3.8, 4) is 5.75 Å². The number of amides is 1. The Bertz CT molecular complexity index is 984. The van der Waals surface area contributed by atoms with Crippen LogP contribution in [-0.2, 0) is 5.54 Å². The van der Waals surface area contributed by atoms with Gasteiger partial charge in [-0.1, -0.05) is 35.0 Å². The summed E-state index contributed by atoms with van der Waals surface area (Å²) in [5, 5.41) is 3.97. The molecule has 6 nitrogen and oxygen atoms in total. The van der Waals surface area contributed by atoms with E-state index in [9.17, 15) is 4.79 Å². The predicted octanol–water partition coefficient (Wildman–Crippen LogP) is 4.32. The number of nitrogens with two attached hydrogens (primary N) is 1. The van der Waals surface area contributed by atoms with Crippen LogP contribution < -0.4 is 15.8 Å². The highest BCUT2D eigenvalue weighted by Gasteiger charge is 2.42. The van der Waals surface area contributed by atoms with E-state index in [2.05, 4.69) is 17.2 Å². The van der Waals surface area contributed by atoms with E-state index >= 15 is 0 Å². The van der Waals surface area contributed by atoms with Gasteiger partial charge in [-0.15, -0.1) is 0 Å². The highest BCUT2D eigenvalue weighted by atomic mass is 35.5. The van der Waals surface area contributed by atoms with Gasteiger partial charge in [0.05, 0.1) is 22.2 Å². The van der Waals surface area contributed by atoms with E-state index in [1.165, 1.54) is 12.3 Å². The first-order chi connectivity index (χ1) is 13.4. The lowest BCUT2D eigenvalue weighted by molar-refractivity contribution is 0.102. The molecule has 28 heavy (non-hydrogen) atoms. The summed E-state index contributed by atoms with van der Waals surface area (Å²) < 4.78 is 5.94. The van der Waals surface area contributed by atoms with E-state index in [1.807, 2.05) is 12.1 Å². The Morgan fingerprint density at radius 2 is 2.21 bits per heavy atom. The molecule has 3 heterocycles. The van der Waals surface area contributed by atoms with Crippen LogP contribution in [0.25, 0.3) is 0 Å². The summed E-state index contributed by atoms with van der Waals surface area (Å²) in [6, 6.07) is 7.01. The van der Waals surface area contributed by atoms with E-state index < -0.39 is 11.4 Å². The van der Waals surface area contributed by atoms with Gasteiger partial charge in [0.1, 0.15) is 11.4 Å². The van der Waals surface area contributed by atoms with Gasteiger partial charge in [0.15, 0.2) is 5.17 Å². The van der Waals surface area contributed by atoms with Crippen molar-refractivity contribution in [2.75, 3.05) is 17.7 Å². The van der Waals surface area contributed by atoms with E-state index in [0.717, 1.165) is 23.5 Å². The van der Waals surface area contributed by atoms with E-state index in [1.54, 1.807) is 17.8 Å². The number of rotatable bonds is 2. The van der Waals surface area contributed by atoms with Crippen LogP contribution in [0.2, 0.25) is 10.0 Å². The average Bonchev–Trinajstić information content (AvgIpc) is 2.77. The van der Waals surface area contributed by atoms with Gasteiger partial charge >= 0.3 is 0 Å². The molecule has 2 aliphatic heterocycles. The molecular weight excluding hydrogens is 419 g/mol. The number of amidine groups is 1. The lowest BCUT2D eigenvalue weighted by Crippen LogP contribution is -2.37. The van der Waals surface area contributed by atoms with Gasteiger partial charge in [0, 0.05) is 29.1 Å². The fraction of sp³-hybridized carbons (Fsp3) is 0.316. The van der Waals surface area contributed by atoms with Crippen LogP contribution in [0.1, 0.15) is 29.4 Å². The van der Waals surface area contributed by atoms with Gasteiger partial charge in [-0.2, -0.15) is 0 Å². The molecule has 4 rings (SSSR count). The highest BCUT2D eigenvalue weighted by Crippen LogP contribution is 2.47. The molecule has 0 spiro atoms. The largest absolute Gasteiger partial charge is 0.493 e. The number of hydrogen-bond acceptors (Lipinski definition) is 6. The number of hydrogen-bond donors (Lipinski definition) is 2. The van der Waals surface area contributed by atoms with Crippen molar-refractivity contribution in [3.63, 3.8) is 0 Å². The van der Waals surface area contributed by atoms with Gasteiger partial charge in [0.25, 0.3) is 5.91 Å². The normalized spacial score (nSPS) is 23.5. The average molecular weight is 437 g/mol. The van der Waals surface area contributed by atoms with Crippen LogP contribution in [0, 0.1) is 5.92 Å². The molecule has 1 aromatic heterocycles. The molecule has 0 unspecified atom stereocenters. The fourth-order valence-corrected chi connectivity index (χ4v) is 5.14. The van der Waals surface area contributed by atoms with Gasteiger partial charge in [-0.25, -0.2) is 4.98 Å². The molecule has 0 saturated heterocycles. The number of carbonyl (C=O) groups excluding carboxylic acids is 1. The van der Waals surface area contributed by atoms with Crippen molar-refractivity contribution in [2.24, 2.45) is 16.6 Å². The Kier molecular flexibility index (Phi) is 5.16. The number of nitrogens with one attached hydrogen (secondary N) is 1. The quantitative estimate of drug-likeness (QED) is 0.731. The van der Waals surface area contributed by atoms with E-state index in [-0.39, 0.29) is 10.7 Å². The standard InChI is InChI=1S/C19H18Cl2N4O2S/c1-19-10(9-28-18(22)25-19)4-5-27-15-3-2-12(7-13(15)19)24-17(26)16-14(21)6-11(20)8-23-16/h2-3,6-8,10H,4-5,9H2,1H3,(H2,22,25)(H,24,26)/t10-,19+/m1/s1. The van der Waals surface area contributed by atoms with Crippen LogP contribution in [0.5, 0.6) is 5.75 Å². The molecule has 2 aliphatic rings. The number of aromatic nitrogens is 1. The molecule has 0 bridgehead atoms. The van der Waals surface area contributed by atoms with Gasteiger partial charge in [0.2, 0.25) is 0 Å². The number of thioether (sulfide) groups is 1. The number of ether oxygens (including phenoxy) is 1. The molecule has 146 valence electrons. The third-order valence-electron chi connectivity index (χ3n) is 5.10. The molecule has 9 heteroatoms. The highest BCUT2D eigenvalue weighted by molar-refractivity contribution is 8.13. The van der Waals surface area contributed by atoms with Crippen molar-refractivity contribution in [2.45, 2.75) is 18.9 Å². The number of nitrogens with zero attached hydrogens (tertiary/aromatic N) is 2. The second-order valence-corrected chi connectivity index (χ2v) is 8.78. The van der Waals surface area contributed by atoms with E-state index in [0.29, 0.717) is 28.4 Å². The minimum absolute atomic E-state index is 0.109. The Labute approximate surface area is 176 Å². The smallest absolute Gasteiger partial charge is 0.275 e. The maximum absolute atomic E-state index is 12.6. The molecule has 0 saturated carbocycles. The number of halogens is 2. The lowest BCUT2D eigenvalue weighted by atomic mass is 9.79. The van der Waals surface area contributed by atoms with Crippen LogP contribution in [0.15, 0.2) is 35.5 Å². The first-order valence-corrected chi connectivity index (χ1v) is 10.5. The van der Waals surface area contributed by atoms with Crippen molar-refractivity contribution >= 4 is 51.7 Å². The zero-order valence-electron chi connectivity index (χ0n) is 15.0. The maximum Gasteiger partial charge on any atom is 0.275 e. The number of benzene rings is 1. The van der Waals surface area contributed by atoms with Crippen molar-refractivity contribution in [3.05, 3.63) is 51.8 Å². The number of aliphatic imine (C=N–C) groups is 1. The minimum atomic E-state index is -0.502. The van der Waals surface area contributed by atoms with Gasteiger partial charge in [-0.3, -0.25) is 9.79 Å². The number of carbonyl (C=O) groups is 1. The number of anilines is 1. The first-order valence-electron chi connectivity index (χ1n) is 8.74. The second-order valence-electron chi connectivity index (χ2n) is 6.89. The van der Waals surface area contributed by atoms with Crippen molar-refractivity contribution in [1.29, 1.82) is 0 Å². The molecule has 2 atom stereocenters. The lowest BCUT2D eigenvalue weighted by Gasteiger charge is -2.36. The fourth-order valence-electron chi connectivity index (χ4n) is 3.56. The third-order valence-corrected chi connectivity index (χ3v) is 6.55. The van der Waals surface area contributed by atoms with E-state index in [4.69, 9.17) is 38.7 Å².